The molecule has 1 aliphatic rings. The molecule has 1 saturated heterocycles. The molecular formula is C12H21N3OS. The van der Waals surface area contributed by atoms with Crippen molar-refractivity contribution in [2.24, 2.45) is 11.7 Å². The van der Waals surface area contributed by atoms with Crippen molar-refractivity contribution in [3.63, 3.8) is 0 Å². The molecule has 4 nitrogen and oxygen atoms in total. The highest BCUT2D eigenvalue weighted by atomic mass is 32.1. The number of aromatic nitrogens is 1. The zero-order chi connectivity index (χ0) is 12.3. The van der Waals surface area contributed by atoms with Crippen LogP contribution in [0, 0.1) is 5.92 Å². The number of thiazole rings is 1. The second kappa shape index (κ2) is 5.80. The van der Waals surface area contributed by atoms with E-state index in [0.29, 0.717) is 13.2 Å². The zero-order valence-electron chi connectivity index (χ0n) is 10.6. The first-order valence-corrected chi connectivity index (χ1v) is 6.98. The van der Waals surface area contributed by atoms with Crippen LogP contribution in [-0.4, -0.2) is 25.2 Å². The van der Waals surface area contributed by atoms with E-state index in [2.05, 4.69) is 16.8 Å². The fraction of sp³-hybridized carbons (Fsp3) is 0.750. The summed E-state index contributed by atoms with van der Waals surface area (Å²) in [5.74, 6) is 0.764. The van der Waals surface area contributed by atoms with Crippen LogP contribution < -0.4 is 10.6 Å². The molecular weight excluding hydrogens is 234 g/mol. The number of methoxy groups -OCH3 is 1. The maximum Gasteiger partial charge on any atom is 0.185 e. The third kappa shape index (κ3) is 2.97. The van der Waals surface area contributed by atoms with Gasteiger partial charge in [0.15, 0.2) is 5.13 Å². The second-order valence-corrected chi connectivity index (χ2v) is 5.76. The summed E-state index contributed by atoms with van der Waals surface area (Å²) in [6.45, 7) is 5.66. The molecule has 1 aliphatic heterocycles. The number of nitrogens with two attached hydrogens (primary N) is 1. The Hall–Kier alpha value is -0.650. The van der Waals surface area contributed by atoms with Crippen LogP contribution in [0.2, 0.25) is 0 Å². The van der Waals surface area contributed by atoms with Gasteiger partial charge in [0.1, 0.15) is 0 Å². The van der Waals surface area contributed by atoms with Crippen LogP contribution in [0.1, 0.15) is 30.3 Å². The molecule has 0 bridgehead atoms. The van der Waals surface area contributed by atoms with Gasteiger partial charge in [0.2, 0.25) is 0 Å². The van der Waals surface area contributed by atoms with Crippen molar-refractivity contribution in [2.45, 2.75) is 32.9 Å². The Bertz CT molecular complexity index is 367. The van der Waals surface area contributed by atoms with Crippen molar-refractivity contribution in [3.8, 4) is 0 Å². The van der Waals surface area contributed by atoms with Crippen molar-refractivity contribution in [3.05, 3.63) is 10.6 Å². The molecule has 1 aromatic heterocycles. The summed E-state index contributed by atoms with van der Waals surface area (Å²) in [5, 5.41) is 1.11. The minimum atomic E-state index is 0.555. The SMILES string of the molecule is COCc1nc(N2CCCC(C)C2)sc1CN. The van der Waals surface area contributed by atoms with E-state index in [4.69, 9.17) is 10.5 Å². The topological polar surface area (TPSA) is 51.4 Å². The van der Waals surface area contributed by atoms with E-state index < -0.39 is 0 Å². The summed E-state index contributed by atoms with van der Waals surface area (Å²) in [6, 6.07) is 0. The lowest BCUT2D eigenvalue weighted by Gasteiger charge is -2.30. The summed E-state index contributed by atoms with van der Waals surface area (Å²) in [6.07, 6.45) is 2.59. The first-order chi connectivity index (χ1) is 8.24. The van der Waals surface area contributed by atoms with Gasteiger partial charge in [0, 0.05) is 31.6 Å². The van der Waals surface area contributed by atoms with Gasteiger partial charge in [-0.15, -0.1) is 11.3 Å². The number of rotatable bonds is 4. The standard InChI is InChI=1S/C12H21N3OS/c1-9-4-3-5-15(7-9)12-14-10(8-16-2)11(6-13)17-12/h9H,3-8,13H2,1-2H3. The first kappa shape index (κ1) is 12.8. The van der Waals surface area contributed by atoms with Gasteiger partial charge in [0.25, 0.3) is 0 Å². The lowest BCUT2D eigenvalue weighted by Crippen LogP contribution is -2.34. The van der Waals surface area contributed by atoms with Crippen molar-refractivity contribution < 1.29 is 4.74 Å². The average molecular weight is 255 g/mol. The molecule has 17 heavy (non-hydrogen) atoms. The van der Waals surface area contributed by atoms with E-state index >= 15 is 0 Å². The minimum Gasteiger partial charge on any atom is -0.378 e. The van der Waals surface area contributed by atoms with Gasteiger partial charge in [-0.25, -0.2) is 4.98 Å². The van der Waals surface area contributed by atoms with E-state index in [-0.39, 0.29) is 0 Å². The summed E-state index contributed by atoms with van der Waals surface area (Å²) >= 11 is 1.72. The van der Waals surface area contributed by atoms with Gasteiger partial charge < -0.3 is 15.4 Å². The van der Waals surface area contributed by atoms with Crippen LogP contribution >= 0.6 is 11.3 Å². The fourth-order valence-corrected chi connectivity index (χ4v) is 3.25. The Kier molecular flexibility index (Phi) is 4.36. The summed E-state index contributed by atoms with van der Waals surface area (Å²) in [7, 11) is 1.70. The molecule has 1 atom stereocenters. The van der Waals surface area contributed by atoms with Crippen molar-refractivity contribution >= 4 is 16.5 Å². The monoisotopic (exact) mass is 255 g/mol. The average Bonchev–Trinajstić information content (AvgIpc) is 2.73. The highest BCUT2D eigenvalue weighted by Crippen LogP contribution is 2.29. The van der Waals surface area contributed by atoms with Crippen molar-refractivity contribution in [1.29, 1.82) is 0 Å². The third-order valence-corrected chi connectivity index (χ3v) is 4.34. The second-order valence-electron chi connectivity index (χ2n) is 4.70. The minimum absolute atomic E-state index is 0.555. The first-order valence-electron chi connectivity index (χ1n) is 6.17. The molecule has 1 aromatic rings. The Morgan fingerprint density at radius 2 is 2.41 bits per heavy atom. The Morgan fingerprint density at radius 3 is 3.06 bits per heavy atom. The van der Waals surface area contributed by atoms with Crippen LogP contribution in [0.25, 0.3) is 0 Å². The molecule has 2 rings (SSSR count). The maximum atomic E-state index is 5.75. The largest absolute Gasteiger partial charge is 0.378 e. The van der Waals surface area contributed by atoms with Crippen LogP contribution in [0.15, 0.2) is 0 Å². The molecule has 5 heteroatoms. The van der Waals surface area contributed by atoms with Crippen molar-refractivity contribution in [1.82, 2.24) is 4.98 Å². The molecule has 96 valence electrons. The summed E-state index contributed by atoms with van der Waals surface area (Å²) in [5.41, 5.74) is 6.76. The summed E-state index contributed by atoms with van der Waals surface area (Å²) < 4.78 is 5.16. The molecule has 0 aromatic carbocycles. The number of ether oxygens (including phenoxy) is 1. The molecule has 0 aliphatic carbocycles. The van der Waals surface area contributed by atoms with Gasteiger partial charge in [-0.1, -0.05) is 6.92 Å². The van der Waals surface area contributed by atoms with E-state index in [9.17, 15) is 0 Å². The van der Waals surface area contributed by atoms with E-state index in [0.717, 1.165) is 34.7 Å². The van der Waals surface area contributed by atoms with Gasteiger partial charge in [-0.2, -0.15) is 0 Å². The highest BCUT2D eigenvalue weighted by molar-refractivity contribution is 7.15. The van der Waals surface area contributed by atoms with E-state index in [1.165, 1.54) is 12.8 Å². The van der Waals surface area contributed by atoms with Gasteiger partial charge in [-0.05, 0) is 18.8 Å². The highest BCUT2D eigenvalue weighted by Gasteiger charge is 2.20. The molecule has 0 saturated carbocycles. The molecule has 0 spiro atoms. The molecule has 0 amide bonds. The lowest BCUT2D eigenvalue weighted by atomic mass is 10.0. The molecule has 2 heterocycles. The van der Waals surface area contributed by atoms with Gasteiger partial charge in [0.05, 0.1) is 12.3 Å². The Labute approximate surface area is 107 Å². The fourth-order valence-electron chi connectivity index (χ4n) is 2.28. The number of nitrogens with zero attached hydrogens (tertiary/aromatic N) is 2. The molecule has 1 unspecified atom stereocenters. The Balaban J connectivity index is 2.14. The van der Waals surface area contributed by atoms with Crippen LogP contribution in [0.5, 0.6) is 0 Å². The van der Waals surface area contributed by atoms with Crippen LogP contribution in [0.3, 0.4) is 0 Å². The predicted octanol–water partition coefficient (Wildman–Crippen LogP) is 1.98. The van der Waals surface area contributed by atoms with E-state index in [1.807, 2.05) is 0 Å². The van der Waals surface area contributed by atoms with Crippen molar-refractivity contribution in [2.75, 3.05) is 25.1 Å². The van der Waals surface area contributed by atoms with Crippen LogP contribution in [0.4, 0.5) is 5.13 Å². The molecule has 2 N–H and O–H groups in total. The lowest BCUT2D eigenvalue weighted by molar-refractivity contribution is 0.181. The van der Waals surface area contributed by atoms with Crippen LogP contribution in [-0.2, 0) is 17.9 Å². The predicted molar refractivity (Wildman–Crippen MR) is 71.3 cm³/mol. The zero-order valence-corrected chi connectivity index (χ0v) is 11.4. The number of hydrogen-bond donors (Lipinski definition) is 1. The number of piperidine rings is 1. The molecule has 0 radical (unpaired) electrons. The normalized spacial score (nSPS) is 20.9. The number of hydrogen-bond acceptors (Lipinski definition) is 5. The quantitative estimate of drug-likeness (QED) is 0.894. The smallest absolute Gasteiger partial charge is 0.185 e. The molecule has 1 fully saturated rings. The Morgan fingerprint density at radius 1 is 1.59 bits per heavy atom. The van der Waals surface area contributed by atoms with E-state index in [1.54, 1.807) is 18.4 Å². The number of anilines is 1. The summed E-state index contributed by atoms with van der Waals surface area (Å²) in [4.78, 5) is 8.21. The third-order valence-electron chi connectivity index (χ3n) is 3.16. The van der Waals surface area contributed by atoms with Gasteiger partial charge >= 0.3 is 0 Å². The maximum absolute atomic E-state index is 5.75. The van der Waals surface area contributed by atoms with Gasteiger partial charge in [-0.3, -0.25) is 0 Å².